The zero-order valence-electron chi connectivity index (χ0n) is 12.4. The summed E-state index contributed by atoms with van der Waals surface area (Å²) in [4.78, 5) is 12.0. The average Bonchev–Trinajstić information content (AvgIpc) is 2.81. The lowest BCUT2D eigenvalue weighted by Crippen LogP contribution is -2.42. The highest BCUT2D eigenvalue weighted by atomic mass is 32.2. The molecule has 4 N–H and O–H groups in total. The number of hydrogen-bond acceptors (Lipinski definition) is 4. The van der Waals surface area contributed by atoms with Crippen LogP contribution in [0.3, 0.4) is 0 Å². The minimum Gasteiger partial charge on any atom is -0.350 e. The van der Waals surface area contributed by atoms with Crippen LogP contribution in [0.25, 0.3) is 0 Å². The van der Waals surface area contributed by atoms with E-state index in [0.717, 1.165) is 19.3 Å². The van der Waals surface area contributed by atoms with Crippen LogP contribution in [0.15, 0.2) is 4.90 Å². The first-order valence-corrected chi connectivity index (χ1v) is 8.76. The van der Waals surface area contributed by atoms with Crippen LogP contribution in [0.4, 0.5) is 0 Å². The molecule has 0 atom stereocenters. The number of nitrogens with two attached hydrogens (primary N) is 1. The molecular formula is C13H22N4O3S. The minimum absolute atomic E-state index is 0.139. The number of primary sulfonamides is 1. The maximum atomic E-state index is 12.2. The van der Waals surface area contributed by atoms with Crippen LogP contribution in [-0.4, -0.2) is 31.1 Å². The fraction of sp³-hybridized carbons (Fsp3) is 0.692. The van der Waals surface area contributed by atoms with Gasteiger partial charge in [-0.3, -0.25) is 9.89 Å². The van der Waals surface area contributed by atoms with Gasteiger partial charge < -0.3 is 5.32 Å². The maximum absolute atomic E-state index is 12.2. The Balaban J connectivity index is 2.18. The number of aromatic nitrogens is 2. The second kappa shape index (κ2) is 5.76. The van der Waals surface area contributed by atoms with Gasteiger partial charge >= 0.3 is 0 Å². The fourth-order valence-electron chi connectivity index (χ4n) is 2.75. The molecule has 0 bridgehead atoms. The summed E-state index contributed by atoms with van der Waals surface area (Å²) in [5.74, 6) is -0.491. The lowest BCUT2D eigenvalue weighted by atomic mass is 9.67. The van der Waals surface area contributed by atoms with Crippen LogP contribution in [0.5, 0.6) is 0 Å². The molecule has 0 aromatic carbocycles. The third-order valence-electron chi connectivity index (χ3n) is 4.43. The maximum Gasteiger partial charge on any atom is 0.273 e. The zero-order valence-corrected chi connectivity index (χ0v) is 13.2. The number of hydrogen-bond donors (Lipinski definition) is 3. The molecular weight excluding hydrogens is 292 g/mol. The molecule has 1 aliphatic rings. The van der Waals surface area contributed by atoms with Crippen molar-refractivity contribution in [2.24, 2.45) is 10.6 Å². The molecule has 1 fully saturated rings. The van der Waals surface area contributed by atoms with Gasteiger partial charge in [0.1, 0.15) is 4.90 Å². The summed E-state index contributed by atoms with van der Waals surface area (Å²) in [6.45, 7) is 4.41. The van der Waals surface area contributed by atoms with Gasteiger partial charge in [0.25, 0.3) is 5.91 Å². The zero-order chi connectivity index (χ0) is 15.7. The molecule has 1 aliphatic carbocycles. The highest BCUT2D eigenvalue weighted by Crippen LogP contribution is 2.43. The highest BCUT2D eigenvalue weighted by molar-refractivity contribution is 7.89. The first-order valence-electron chi connectivity index (χ1n) is 7.21. The molecule has 1 aromatic rings. The summed E-state index contributed by atoms with van der Waals surface area (Å²) in [5.41, 5.74) is 0.373. The molecule has 0 spiro atoms. The van der Waals surface area contributed by atoms with Gasteiger partial charge in [-0.25, -0.2) is 13.6 Å². The summed E-state index contributed by atoms with van der Waals surface area (Å²) in [5, 5.41) is 14.4. The van der Waals surface area contributed by atoms with Gasteiger partial charge in [-0.05, 0) is 31.1 Å². The van der Waals surface area contributed by atoms with E-state index in [1.165, 1.54) is 6.42 Å². The quantitative estimate of drug-likeness (QED) is 0.723. The van der Waals surface area contributed by atoms with E-state index in [2.05, 4.69) is 22.4 Å². The van der Waals surface area contributed by atoms with Crippen LogP contribution >= 0.6 is 0 Å². The second-order valence-electron chi connectivity index (χ2n) is 5.67. The van der Waals surface area contributed by atoms with Gasteiger partial charge in [-0.15, -0.1) is 0 Å². The predicted octanol–water partition coefficient (Wildman–Crippen LogP) is 0.930. The Kier molecular flexibility index (Phi) is 4.38. The topological polar surface area (TPSA) is 118 Å². The summed E-state index contributed by atoms with van der Waals surface area (Å²) in [7, 11) is -3.98. The minimum atomic E-state index is -3.98. The third kappa shape index (κ3) is 3.11. The average molecular weight is 314 g/mol. The van der Waals surface area contributed by atoms with E-state index in [1.54, 1.807) is 6.92 Å². The lowest BCUT2D eigenvalue weighted by Gasteiger charge is -2.41. The Hall–Kier alpha value is -1.41. The third-order valence-corrected chi connectivity index (χ3v) is 5.44. The number of nitrogens with one attached hydrogen (secondary N) is 2. The SMILES string of the molecule is CCc1[nH]nc(C(=O)NCC2(CC)CCC2)c1S(N)(=O)=O. The molecule has 118 valence electrons. The Labute approximate surface area is 124 Å². The van der Waals surface area contributed by atoms with Crippen molar-refractivity contribution in [3.8, 4) is 0 Å². The number of aryl methyl sites for hydroxylation is 1. The molecule has 0 radical (unpaired) electrons. The molecule has 8 heteroatoms. The monoisotopic (exact) mass is 314 g/mol. The number of nitrogens with zero attached hydrogens (tertiary/aromatic N) is 1. The van der Waals surface area contributed by atoms with Crippen molar-refractivity contribution in [1.29, 1.82) is 0 Å². The van der Waals surface area contributed by atoms with Gasteiger partial charge in [-0.1, -0.05) is 20.3 Å². The number of carbonyl (C=O) groups is 1. The van der Waals surface area contributed by atoms with Crippen molar-refractivity contribution >= 4 is 15.9 Å². The van der Waals surface area contributed by atoms with Gasteiger partial charge in [-0.2, -0.15) is 5.10 Å². The molecule has 0 saturated heterocycles. The first kappa shape index (κ1) is 16.0. The van der Waals surface area contributed by atoms with Gasteiger partial charge in [0.05, 0.1) is 5.69 Å². The molecule has 1 amide bonds. The lowest BCUT2D eigenvalue weighted by molar-refractivity contribution is 0.0842. The van der Waals surface area contributed by atoms with Crippen LogP contribution in [-0.2, 0) is 16.4 Å². The molecule has 0 aliphatic heterocycles. The van der Waals surface area contributed by atoms with Gasteiger partial charge in [0, 0.05) is 6.54 Å². The van der Waals surface area contributed by atoms with E-state index in [9.17, 15) is 13.2 Å². The number of H-pyrrole nitrogens is 1. The van der Waals surface area contributed by atoms with Gasteiger partial charge in [0.15, 0.2) is 5.69 Å². The molecule has 2 rings (SSSR count). The smallest absolute Gasteiger partial charge is 0.273 e. The molecule has 21 heavy (non-hydrogen) atoms. The number of amides is 1. The Morgan fingerprint density at radius 1 is 1.43 bits per heavy atom. The molecule has 1 aromatic heterocycles. The van der Waals surface area contributed by atoms with Crippen molar-refractivity contribution < 1.29 is 13.2 Å². The summed E-state index contributed by atoms with van der Waals surface area (Å²) >= 11 is 0. The Morgan fingerprint density at radius 2 is 2.10 bits per heavy atom. The van der Waals surface area contributed by atoms with Crippen molar-refractivity contribution in [3.63, 3.8) is 0 Å². The van der Waals surface area contributed by atoms with Crippen LogP contribution < -0.4 is 10.5 Å². The summed E-state index contributed by atoms with van der Waals surface area (Å²) in [6.07, 6.45) is 4.76. The van der Waals surface area contributed by atoms with Gasteiger partial charge in [0.2, 0.25) is 10.0 Å². The van der Waals surface area contributed by atoms with Crippen LogP contribution in [0, 0.1) is 5.41 Å². The number of rotatable bonds is 6. The first-order chi connectivity index (χ1) is 9.83. The number of carbonyl (C=O) groups excluding carboxylic acids is 1. The van der Waals surface area contributed by atoms with E-state index < -0.39 is 15.9 Å². The molecule has 1 saturated carbocycles. The van der Waals surface area contributed by atoms with Crippen molar-refractivity contribution in [3.05, 3.63) is 11.4 Å². The molecule has 7 nitrogen and oxygen atoms in total. The molecule has 0 unspecified atom stereocenters. The predicted molar refractivity (Wildman–Crippen MR) is 78.2 cm³/mol. The molecule has 1 heterocycles. The fourth-order valence-corrected chi connectivity index (χ4v) is 3.69. The summed E-state index contributed by atoms with van der Waals surface area (Å²) < 4.78 is 23.3. The largest absolute Gasteiger partial charge is 0.350 e. The van der Waals surface area contributed by atoms with E-state index >= 15 is 0 Å². The van der Waals surface area contributed by atoms with Crippen molar-refractivity contribution in [1.82, 2.24) is 15.5 Å². The van der Waals surface area contributed by atoms with Crippen molar-refractivity contribution in [2.75, 3.05) is 6.54 Å². The number of aromatic amines is 1. The standard InChI is InChI=1S/C13H22N4O3S/c1-3-9-11(21(14,19)20)10(17-16-9)12(18)15-8-13(4-2)6-5-7-13/h3-8H2,1-2H3,(H,15,18)(H,16,17)(H2,14,19,20). The summed E-state index contributed by atoms with van der Waals surface area (Å²) in [6, 6.07) is 0. The van der Waals surface area contributed by atoms with Crippen LogP contribution in [0.2, 0.25) is 0 Å². The number of sulfonamides is 1. The van der Waals surface area contributed by atoms with E-state index in [1.807, 2.05) is 0 Å². The second-order valence-corrected chi connectivity index (χ2v) is 7.17. The highest BCUT2D eigenvalue weighted by Gasteiger charge is 2.36. The van der Waals surface area contributed by atoms with E-state index in [0.29, 0.717) is 18.7 Å². The normalized spacial score (nSPS) is 17.3. The van der Waals surface area contributed by atoms with Crippen molar-refractivity contribution in [2.45, 2.75) is 50.8 Å². The van der Waals surface area contributed by atoms with E-state index in [4.69, 9.17) is 5.14 Å². The Bertz CT molecular complexity index is 626. The van der Waals surface area contributed by atoms with E-state index in [-0.39, 0.29) is 16.0 Å². The Morgan fingerprint density at radius 3 is 2.52 bits per heavy atom. The van der Waals surface area contributed by atoms with Crippen LogP contribution in [0.1, 0.15) is 55.7 Å².